The third-order valence-corrected chi connectivity index (χ3v) is 4.65. The van der Waals surface area contributed by atoms with E-state index in [-0.39, 0.29) is 12.2 Å². The van der Waals surface area contributed by atoms with Crippen molar-refractivity contribution < 1.29 is 32.9 Å². The summed E-state index contributed by atoms with van der Waals surface area (Å²) < 4.78 is 35.4. The van der Waals surface area contributed by atoms with Gasteiger partial charge in [-0.25, -0.2) is 4.39 Å². The van der Waals surface area contributed by atoms with Crippen LogP contribution in [-0.4, -0.2) is 37.7 Å². The summed E-state index contributed by atoms with van der Waals surface area (Å²) in [4.78, 5) is 24.8. The Morgan fingerprint density at radius 1 is 0.829 bits per heavy atom. The fraction of sp³-hybridized carbons (Fsp3) is 0.231. The van der Waals surface area contributed by atoms with E-state index < -0.39 is 23.7 Å². The molecular formula is C26H27FN2O6. The molecule has 0 radical (unpaired) electrons. The number of benzene rings is 3. The van der Waals surface area contributed by atoms with Crippen LogP contribution in [0.3, 0.4) is 0 Å². The molecule has 2 amide bonds. The van der Waals surface area contributed by atoms with Crippen LogP contribution < -0.4 is 29.8 Å². The normalized spacial score (nSPS) is 11.2. The summed E-state index contributed by atoms with van der Waals surface area (Å²) in [5.41, 5.74) is 4.91. The zero-order chi connectivity index (χ0) is 25.0. The van der Waals surface area contributed by atoms with Gasteiger partial charge in [-0.2, -0.15) is 0 Å². The fourth-order valence-electron chi connectivity index (χ4n) is 2.93. The first-order chi connectivity index (χ1) is 17.0. The third kappa shape index (κ3) is 7.92. The van der Waals surface area contributed by atoms with E-state index in [9.17, 15) is 14.0 Å². The Labute approximate surface area is 202 Å². The number of halogens is 1. The average molecular weight is 483 g/mol. The van der Waals surface area contributed by atoms with E-state index >= 15 is 0 Å². The average Bonchev–Trinajstić information content (AvgIpc) is 2.87. The van der Waals surface area contributed by atoms with Crippen LogP contribution in [0.25, 0.3) is 0 Å². The van der Waals surface area contributed by atoms with Gasteiger partial charge in [0, 0.05) is 5.56 Å². The van der Waals surface area contributed by atoms with Crippen LogP contribution in [0, 0.1) is 5.82 Å². The molecule has 9 heteroatoms. The van der Waals surface area contributed by atoms with Crippen LogP contribution >= 0.6 is 0 Å². The highest BCUT2D eigenvalue weighted by atomic mass is 19.1. The molecule has 0 saturated heterocycles. The highest BCUT2D eigenvalue weighted by Crippen LogP contribution is 2.28. The van der Waals surface area contributed by atoms with E-state index in [1.807, 2.05) is 37.3 Å². The van der Waals surface area contributed by atoms with Gasteiger partial charge >= 0.3 is 0 Å². The molecule has 2 N–H and O–H groups in total. The Bertz CT molecular complexity index is 1110. The number of ether oxygens (including phenoxy) is 4. The van der Waals surface area contributed by atoms with E-state index in [0.29, 0.717) is 30.5 Å². The predicted octanol–water partition coefficient (Wildman–Crippen LogP) is 3.91. The van der Waals surface area contributed by atoms with Gasteiger partial charge in [-0.05, 0) is 68.4 Å². The van der Waals surface area contributed by atoms with Crippen molar-refractivity contribution in [2.24, 2.45) is 0 Å². The molecule has 1 unspecified atom stereocenters. The smallest absolute Gasteiger partial charge is 0.279 e. The maximum atomic E-state index is 13.0. The van der Waals surface area contributed by atoms with Crippen molar-refractivity contribution in [3.8, 4) is 23.0 Å². The lowest BCUT2D eigenvalue weighted by Gasteiger charge is -2.16. The van der Waals surface area contributed by atoms with Gasteiger partial charge in [0.1, 0.15) is 30.5 Å². The second-order valence-electron chi connectivity index (χ2n) is 7.26. The Kier molecular flexibility index (Phi) is 9.30. The lowest BCUT2D eigenvalue weighted by molar-refractivity contribution is -0.128. The van der Waals surface area contributed by atoms with E-state index in [1.165, 1.54) is 37.3 Å². The van der Waals surface area contributed by atoms with Crippen LogP contribution in [0.5, 0.6) is 23.0 Å². The molecule has 1 atom stereocenters. The molecule has 0 bridgehead atoms. The molecule has 8 nitrogen and oxygen atoms in total. The number of carbonyl (C=O) groups excluding carboxylic acids is 2. The fourth-order valence-corrected chi connectivity index (χ4v) is 2.93. The van der Waals surface area contributed by atoms with Gasteiger partial charge in [0.25, 0.3) is 11.8 Å². The van der Waals surface area contributed by atoms with Gasteiger partial charge in [-0.1, -0.05) is 18.2 Å². The summed E-state index contributed by atoms with van der Waals surface area (Å²) in [6.07, 6.45) is -0.923. The monoisotopic (exact) mass is 482 g/mol. The van der Waals surface area contributed by atoms with Gasteiger partial charge in [-0.15, -0.1) is 0 Å². The Morgan fingerprint density at radius 2 is 1.54 bits per heavy atom. The topological polar surface area (TPSA) is 95.1 Å². The largest absolute Gasteiger partial charge is 0.490 e. The van der Waals surface area contributed by atoms with E-state index in [0.717, 1.165) is 5.75 Å². The van der Waals surface area contributed by atoms with Crippen molar-refractivity contribution in [1.29, 1.82) is 0 Å². The van der Waals surface area contributed by atoms with Gasteiger partial charge in [-0.3, -0.25) is 20.4 Å². The number of nitrogens with one attached hydrogen (secondary N) is 2. The van der Waals surface area contributed by atoms with Crippen LogP contribution in [0.2, 0.25) is 0 Å². The molecule has 0 aromatic heterocycles. The zero-order valence-electron chi connectivity index (χ0n) is 19.5. The minimum atomic E-state index is -0.923. The molecule has 3 aromatic rings. The lowest BCUT2D eigenvalue weighted by atomic mass is 10.2. The van der Waals surface area contributed by atoms with Crippen molar-refractivity contribution in [1.82, 2.24) is 10.9 Å². The quantitative estimate of drug-likeness (QED) is 0.318. The van der Waals surface area contributed by atoms with Crippen LogP contribution in [0.4, 0.5) is 4.39 Å². The highest BCUT2D eigenvalue weighted by molar-refractivity contribution is 5.96. The van der Waals surface area contributed by atoms with Gasteiger partial charge < -0.3 is 18.9 Å². The maximum Gasteiger partial charge on any atom is 0.279 e. The van der Waals surface area contributed by atoms with Crippen molar-refractivity contribution in [3.63, 3.8) is 0 Å². The number of rotatable bonds is 11. The van der Waals surface area contributed by atoms with E-state index in [4.69, 9.17) is 18.9 Å². The number of hydrogen-bond donors (Lipinski definition) is 2. The number of hydrogen-bond acceptors (Lipinski definition) is 6. The Morgan fingerprint density at radius 3 is 2.26 bits per heavy atom. The molecular weight excluding hydrogens is 455 g/mol. The van der Waals surface area contributed by atoms with E-state index in [2.05, 4.69) is 10.9 Å². The molecule has 0 heterocycles. The number of amides is 2. The summed E-state index contributed by atoms with van der Waals surface area (Å²) >= 11 is 0. The summed E-state index contributed by atoms with van der Waals surface area (Å²) in [5.74, 6) is 0.382. The third-order valence-electron chi connectivity index (χ3n) is 4.65. The minimum absolute atomic E-state index is 0.258. The summed E-state index contributed by atoms with van der Waals surface area (Å²) in [6.45, 7) is 4.31. The molecule has 3 rings (SSSR count). The Balaban J connectivity index is 1.51. The number of para-hydroxylation sites is 1. The molecule has 184 valence electrons. The van der Waals surface area contributed by atoms with Gasteiger partial charge in [0.05, 0.1) is 6.61 Å². The molecule has 0 aliphatic heterocycles. The SMILES string of the molecule is CCOc1cc(C(=O)NNC(=O)C(C)Oc2ccc(F)cc2)ccc1OCCOc1ccccc1. The first-order valence-electron chi connectivity index (χ1n) is 11.1. The van der Waals surface area contributed by atoms with Crippen molar-refractivity contribution in [3.05, 3.63) is 84.2 Å². The van der Waals surface area contributed by atoms with E-state index in [1.54, 1.807) is 12.1 Å². The lowest BCUT2D eigenvalue weighted by Crippen LogP contribution is -2.47. The predicted molar refractivity (Wildman–Crippen MR) is 127 cm³/mol. The summed E-state index contributed by atoms with van der Waals surface area (Å²) in [7, 11) is 0. The standard InChI is InChI=1S/C26H27FN2O6/c1-3-32-24-17-19(9-14-23(24)34-16-15-33-21-7-5-4-6-8-21)26(31)29-28-25(30)18(2)35-22-12-10-20(27)11-13-22/h4-14,17-18H,3,15-16H2,1-2H3,(H,28,30)(H,29,31). The Hall–Kier alpha value is -4.27. The highest BCUT2D eigenvalue weighted by Gasteiger charge is 2.17. The van der Waals surface area contributed by atoms with Crippen LogP contribution in [0.15, 0.2) is 72.8 Å². The summed E-state index contributed by atoms with van der Waals surface area (Å²) in [5, 5.41) is 0. The van der Waals surface area contributed by atoms with Crippen molar-refractivity contribution in [2.75, 3.05) is 19.8 Å². The molecule has 35 heavy (non-hydrogen) atoms. The first-order valence-corrected chi connectivity index (χ1v) is 11.1. The first kappa shape index (κ1) is 25.4. The summed E-state index contributed by atoms with van der Waals surface area (Å²) in [6, 6.07) is 19.3. The minimum Gasteiger partial charge on any atom is -0.490 e. The number of hydrazine groups is 1. The number of carbonyl (C=O) groups is 2. The molecule has 0 fully saturated rings. The van der Waals surface area contributed by atoms with Crippen molar-refractivity contribution in [2.45, 2.75) is 20.0 Å². The maximum absolute atomic E-state index is 13.0. The molecule has 0 aliphatic carbocycles. The second-order valence-corrected chi connectivity index (χ2v) is 7.26. The molecule has 0 saturated carbocycles. The molecule has 3 aromatic carbocycles. The van der Waals surface area contributed by atoms with Crippen molar-refractivity contribution >= 4 is 11.8 Å². The second kappa shape index (κ2) is 12.8. The van der Waals surface area contributed by atoms with Gasteiger partial charge in [0.2, 0.25) is 0 Å². The van der Waals surface area contributed by atoms with Crippen LogP contribution in [0.1, 0.15) is 24.2 Å². The molecule has 0 spiro atoms. The molecule has 0 aliphatic rings. The van der Waals surface area contributed by atoms with Gasteiger partial charge in [0.15, 0.2) is 17.6 Å². The zero-order valence-corrected chi connectivity index (χ0v) is 19.5. The van der Waals surface area contributed by atoms with Crippen LogP contribution in [-0.2, 0) is 4.79 Å².